The minimum absolute atomic E-state index is 0.114. The number of sulfonamides is 1. The molecule has 0 saturated heterocycles. The molecule has 0 aliphatic carbocycles. The summed E-state index contributed by atoms with van der Waals surface area (Å²) in [6.45, 7) is 0. The van der Waals surface area contributed by atoms with E-state index in [9.17, 15) is 8.42 Å². The fourth-order valence-electron chi connectivity index (χ4n) is 2.04. The predicted molar refractivity (Wildman–Crippen MR) is 116 cm³/mol. The number of hydrogen-bond donors (Lipinski definition) is 3. The normalized spacial score (nSPS) is 11.0. The molecule has 0 amide bonds. The molecule has 0 spiro atoms. The SMILES string of the molecule is O=S(=O)(Nc1nccs1)c1ccc(NC(=S)Nc2ccc(Cl)cc2Cl)cc1. The van der Waals surface area contributed by atoms with Crippen molar-refractivity contribution in [3.63, 3.8) is 0 Å². The predicted octanol–water partition coefficient (Wildman–Crippen LogP) is 5.06. The van der Waals surface area contributed by atoms with Gasteiger partial charge in [0, 0.05) is 22.3 Å². The van der Waals surface area contributed by atoms with Crippen LogP contribution in [0.4, 0.5) is 16.5 Å². The van der Waals surface area contributed by atoms with Gasteiger partial charge in [-0.1, -0.05) is 23.2 Å². The molecule has 6 nitrogen and oxygen atoms in total. The number of thiazole rings is 1. The van der Waals surface area contributed by atoms with Crippen molar-refractivity contribution in [2.24, 2.45) is 0 Å². The average molecular weight is 459 g/mol. The van der Waals surface area contributed by atoms with Crippen LogP contribution < -0.4 is 15.4 Å². The third kappa shape index (κ3) is 5.30. The molecule has 0 aliphatic heterocycles. The molecule has 3 rings (SSSR count). The van der Waals surface area contributed by atoms with Crippen molar-refractivity contribution in [1.82, 2.24) is 4.98 Å². The molecule has 0 aliphatic rings. The van der Waals surface area contributed by atoms with Crippen molar-refractivity contribution in [2.45, 2.75) is 4.90 Å². The van der Waals surface area contributed by atoms with Crippen LogP contribution in [0, 0.1) is 0 Å². The van der Waals surface area contributed by atoms with E-state index in [2.05, 4.69) is 20.3 Å². The van der Waals surface area contributed by atoms with Gasteiger partial charge in [-0.3, -0.25) is 4.72 Å². The van der Waals surface area contributed by atoms with Crippen LogP contribution in [0.15, 0.2) is 58.9 Å². The molecule has 0 bridgehead atoms. The van der Waals surface area contributed by atoms with Crippen LogP contribution >= 0.6 is 46.8 Å². The summed E-state index contributed by atoms with van der Waals surface area (Å²) >= 11 is 18.4. The Balaban J connectivity index is 1.65. The Labute approximate surface area is 175 Å². The van der Waals surface area contributed by atoms with E-state index in [4.69, 9.17) is 35.4 Å². The Morgan fingerprint density at radius 2 is 1.81 bits per heavy atom. The molecule has 140 valence electrons. The third-order valence-corrected chi connectivity index (χ3v) is 6.18. The molecule has 0 fully saturated rings. The van der Waals surface area contributed by atoms with Gasteiger partial charge < -0.3 is 10.6 Å². The van der Waals surface area contributed by atoms with Gasteiger partial charge in [0.25, 0.3) is 10.0 Å². The second-order valence-corrected chi connectivity index (χ2v) is 9.00. The summed E-state index contributed by atoms with van der Waals surface area (Å²) in [6, 6.07) is 11.1. The number of benzene rings is 2. The Hall–Kier alpha value is -1.91. The van der Waals surface area contributed by atoms with Crippen LogP contribution in [0.5, 0.6) is 0 Å². The lowest BCUT2D eigenvalue weighted by molar-refractivity contribution is 0.601. The molecule has 0 saturated carbocycles. The number of nitrogens with one attached hydrogen (secondary N) is 3. The standard InChI is InChI=1S/C16H12Cl2N4O2S3/c17-10-1-6-14(13(18)9-10)21-15(25)20-11-2-4-12(5-3-11)27(23,24)22-16-19-7-8-26-16/h1-9H,(H,19,22)(H2,20,21,25). The number of halogens is 2. The van der Waals surface area contributed by atoms with E-state index in [-0.39, 0.29) is 4.90 Å². The molecule has 0 radical (unpaired) electrons. The Morgan fingerprint density at radius 1 is 1.07 bits per heavy atom. The summed E-state index contributed by atoms with van der Waals surface area (Å²) in [7, 11) is -3.69. The van der Waals surface area contributed by atoms with E-state index in [1.54, 1.807) is 35.7 Å². The van der Waals surface area contributed by atoms with E-state index in [0.29, 0.717) is 31.7 Å². The molecule has 3 aromatic rings. The van der Waals surface area contributed by atoms with Crippen molar-refractivity contribution in [1.29, 1.82) is 0 Å². The van der Waals surface area contributed by atoms with Crippen LogP contribution in [0.1, 0.15) is 0 Å². The van der Waals surface area contributed by atoms with Gasteiger partial charge >= 0.3 is 0 Å². The molecule has 3 N–H and O–H groups in total. The maximum Gasteiger partial charge on any atom is 0.263 e. The van der Waals surface area contributed by atoms with E-state index in [1.807, 2.05) is 0 Å². The van der Waals surface area contributed by atoms with Gasteiger partial charge in [-0.05, 0) is 54.7 Å². The minimum atomic E-state index is -3.69. The van der Waals surface area contributed by atoms with Gasteiger partial charge in [0.15, 0.2) is 10.2 Å². The summed E-state index contributed by atoms with van der Waals surface area (Å²) in [6.07, 6.45) is 1.52. The maximum absolute atomic E-state index is 12.3. The van der Waals surface area contributed by atoms with Crippen molar-refractivity contribution in [3.05, 3.63) is 64.1 Å². The highest BCUT2D eigenvalue weighted by atomic mass is 35.5. The number of thiocarbonyl (C=S) groups is 1. The monoisotopic (exact) mass is 458 g/mol. The molecule has 1 aromatic heterocycles. The van der Waals surface area contributed by atoms with Gasteiger partial charge in [0.2, 0.25) is 0 Å². The number of aromatic nitrogens is 1. The smallest absolute Gasteiger partial charge is 0.263 e. The summed E-state index contributed by atoms with van der Waals surface area (Å²) in [4.78, 5) is 4.02. The first-order valence-corrected chi connectivity index (χ1v) is 10.9. The molecule has 1 heterocycles. The first-order valence-electron chi connectivity index (χ1n) is 7.39. The van der Waals surface area contributed by atoms with Gasteiger partial charge in [0.1, 0.15) is 0 Å². The lowest BCUT2D eigenvalue weighted by Crippen LogP contribution is -2.19. The molecule has 11 heteroatoms. The summed E-state index contributed by atoms with van der Waals surface area (Å²) in [5, 5.41) is 9.16. The topological polar surface area (TPSA) is 83.1 Å². The molecule has 2 aromatic carbocycles. The molecule has 27 heavy (non-hydrogen) atoms. The van der Waals surface area contributed by atoms with E-state index >= 15 is 0 Å². The van der Waals surface area contributed by atoms with E-state index in [1.165, 1.54) is 29.7 Å². The van der Waals surface area contributed by atoms with Crippen LogP contribution in [-0.2, 0) is 10.0 Å². The third-order valence-electron chi connectivity index (χ3n) is 3.26. The first kappa shape index (κ1) is 19.8. The zero-order valence-corrected chi connectivity index (χ0v) is 17.4. The maximum atomic E-state index is 12.3. The summed E-state index contributed by atoms with van der Waals surface area (Å²) in [5.74, 6) is 0. The van der Waals surface area contributed by atoms with Crippen molar-refractivity contribution < 1.29 is 8.42 Å². The number of anilines is 3. The van der Waals surface area contributed by atoms with Crippen LogP contribution in [0.3, 0.4) is 0 Å². The lowest BCUT2D eigenvalue weighted by atomic mass is 10.3. The second-order valence-electron chi connectivity index (χ2n) is 5.17. The quantitative estimate of drug-likeness (QED) is 0.463. The van der Waals surface area contributed by atoms with Crippen LogP contribution in [0.25, 0.3) is 0 Å². The van der Waals surface area contributed by atoms with Crippen molar-refractivity contribution >= 4 is 78.4 Å². The summed E-state index contributed by atoms with van der Waals surface area (Å²) < 4.78 is 27.0. The molecular weight excluding hydrogens is 447 g/mol. The number of hydrogen-bond acceptors (Lipinski definition) is 5. The van der Waals surface area contributed by atoms with Crippen LogP contribution in [-0.4, -0.2) is 18.5 Å². The highest BCUT2D eigenvalue weighted by Crippen LogP contribution is 2.25. The summed E-state index contributed by atoms with van der Waals surface area (Å²) in [5.41, 5.74) is 1.22. The highest BCUT2D eigenvalue weighted by molar-refractivity contribution is 7.93. The van der Waals surface area contributed by atoms with Crippen molar-refractivity contribution in [3.8, 4) is 0 Å². The van der Waals surface area contributed by atoms with Crippen molar-refractivity contribution in [2.75, 3.05) is 15.4 Å². The zero-order chi connectivity index (χ0) is 19.4. The molecule has 0 unspecified atom stereocenters. The fraction of sp³-hybridized carbons (Fsp3) is 0. The zero-order valence-electron chi connectivity index (χ0n) is 13.4. The highest BCUT2D eigenvalue weighted by Gasteiger charge is 2.15. The van der Waals surface area contributed by atoms with Gasteiger partial charge in [-0.2, -0.15) is 0 Å². The Bertz CT molecular complexity index is 1060. The minimum Gasteiger partial charge on any atom is -0.332 e. The number of nitrogens with zero attached hydrogens (tertiary/aromatic N) is 1. The molecule has 0 atom stereocenters. The first-order chi connectivity index (χ1) is 12.8. The lowest BCUT2D eigenvalue weighted by Gasteiger charge is -2.12. The van der Waals surface area contributed by atoms with Gasteiger partial charge in [0.05, 0.1) is 15.6 Å². The Kier molecular flexibility index (Phi) is 6.18. The average Bonchev–Trinajstić information content (AvgIpc) is 3.10. The number of rotatable bonds is 5. The van der Waals surface area contributed by atoms with E-state index < -0.39 is 10.0 Å². The largest absolute Gasteiger partial charge is 0.332 e. The van der Waals surface area contributed by atoms with Crippen LogP contribution in [0.2, 0.25) is 10.0 Å². The Morgan fingerprint density at radius 3 is 2.44 bits per heavy atom. The fourth-order valence-corrected chi connectivity index (χ4v) is 4.51. The van der Waals surface area contributed by atoms with Gasteiger partial charge in [-0.25, -0.2) is 13.4 Å². The van der Waals surface area contributed by atoms with E-state index in [0.717, 1.165) is 0 Å². The second kappa shape index (κ2) is 8.41. The van der Waals surface area contributed by atoms with Gasteiger partial charge in [-0.15, -0.1) is 11.3 Å². The molecular formula is C16H12Cl2N4O2S3.